The molecule has 0 fully saturated rings. The van der Waals surface area contributed by atoms with Gasteiger partial charge in [-0.2, -0.15) is 15.0 Å². The van der Waals surface area contributed by atoms with Crippen LogP contribution in [0.25, 0.3) is 38.2 Å². The molecule has 4 heterocycles. The van der Waals surface area contributed by atoms with E-state index in [0.29, 0.717) is 37.4 Å². The first-order valence-corrected chi connectivity index (χ1v) is 12.5. The fraction of sp³-hybridized carbons (Fsp3) is 0. The second-order valence-corrected chi connectivity index (χ2v) is 10.6. The van der Waals surface area contributed by atoms with Crippen molar-refractivity contribution in [2.45, 2.75) is 0 Å². The van der Waals surface area contributed by atoms with Gasteiger partial charge in [-0.15, -0.1) is 22.7 Å². The average Bonchev–Trinajstić information content (AvgIpc) is 3.40. The van der Waals surface area contributed by atoms with Crippen LogP contribution in [0.5, 0.6) is 0 Å². The molecule has 0 atom stereocenters. The van der Waals surface area contributed by atoms with E-state index in [1.807, 2.05) is 30.3 Å². The number of benzene rings is 2. The third-order valence-electron chi connectivity index (χ3n) is 5.24. The Morgan fingerprint density at radius 2 is 1.66 bits per heavy atom. The normalized spacial score (nSPS) is 10.9. The van der Waals surface area contributed by atoms with Crippen LogP contribution in [0, 0.1) is 11.3 Å². The van der Waals surface area contributed by atoms with Crippen LogP contribution >= 0.6 is 38.6 Å². The molecule has 0 aliphatic heterocycles. The van der Waals surface area contributed by atoms with Crippen LogP contribution < -0.4 is 22.7 Å². The molecule has 4 aromatic heterocycles. The van der Waals surface area contributed by atoms with Crippen LogP contribution in [-0.2, 0) is 0 Å². The number of hydrogen-bond acceptors (Lipinski definition) is 9. The third-order valence-corrected chi connectivity index (χ3v) is 7.74. The summed E-state index contributed by atoms with van der Waals surface area (Å²) in [6.45, 7) is 0. The molecule has 35 heavy (non-hydrogen) atoms. The van der Waals surface area contributed by atoms with Crippen LogP contribution in [0.15, 0.2) is 77.8 Å². The molecule has 0 unspecified atom stereocenters. The summed E-state index contributed by atoms with van der Waals surface area (Å²) in [5, 5.41) is 18.9. The van der Waals surface area contributed by atoms with Gasteiger partial charge in [0.2, 0.25) is 0 Å². The van der Waals surface area contributed by atoms with Gasteiger partial charge in [0.25, 0.3) is 5.56 Å². The Morgan fingerprint density at radius 1 is 0.943 bits per heavy atom. The Hall–Kier alpha value is -3.98. The molecule has 0 saturated heterocycles. The monoisotopic (exact) mass is 563 g/mol. The Morgan fingerprint density at radius 3 is 2.40 bits per heavy atom. The minimum Gasteiger partial charge on any atom is -0.422 e. The van der Waals surface area contributed by atoms with Gasteiger partial charge in [-0.3, -0.25) is 4.79 Å². The highest BCUT2D eigenvalue weighted by molar-refractivity contribution is 9.11. The van der Waals surface area contributed by atoms with Gasteiger partial charge in [0.05, 0.1) is 19.9 Å². The van der Waals surface area contributed by atoms with Crippen molar-refractivity contribution in [1.82, 2.24) is 9.78 Å². The predicted molar refractivity (Wildman–Crippen MR) is 144 cm³/mol. The molecule has 2 aromatic carbocycles. The van der Waals surface area contributed by atoms with Crippen molar-refractivity contribution in [3.8, 4) is 11.8 Å². The SMILES string of the molecule is N#Cc1nn(-c2ccccc2)c(=O)c2c(N)scc12.Nc1sc(Br)c2c1c(=O)oc1ccccc12. The molecule has 0 radical (unpaired) electrons. The van der Waals surface area contributed by atoms with E-state index in [0.717, 1.165) is 14.6 Å². The Bertz CT molecular complexity index is 1900. The lowest BCUT2D eigenvalue weighted by Gasteiger charge is -2.05. The maximum atomic E-state index is 12.4. The van der Waals surface area contributed by atoms with Gasteiger partial charge in [-0.05, 0) is 34.1 Å². The largest absolute Gasteiger partial charge is 0.422 e. The number of aromatic nitrogens is 2. The molecular weight excluding hydrogens is 550 g/mol. The quantitative estimate of drug-likeness (QED) is 0.260. The van der Waals surface area contributed by atoms with E-state index >= 15 is 0 Å². The number of nitrogens with two attached hydrogens (primary N) is 2. The lowest BCUT2D eigenvalue weighted by atomic mass is 10.1. The van der Waals surface area contributed by atoms with Crippen molar-refractivity contribution in [2.24, 2.45) is 0 Å². The number of nitriles is 1. The second-order valence-electron chi connectivity index (χ2n) is 7.28. The highest BCUT2D eigenvalue weighted by Crippen LogP contribution is 2.39. The number of anilines is 2. The molecule has 4 N–H and O–H groups in total. The van der Waals surface area contributed by atoms with E-state index in [9.17, 15) is 9.59 Å². The van der Waals surface area contributed by atoms with E-state index in [1.165, 1.54) is 27.4 Å². The van der Waals surface area contributed by atoms with Gasteiger partial charge >= 0.3 is 5.63 Å². The fourth-order valence-electron chi connectivity index (χ4n) is 3.68. The number of nitrogen functional groups attached to an aromatic ring is 2. The van der Waals surface area contributed by atoms with Crippen LogP contribution in [0.4, 0.5) is 10.0 Å². The first-order chi connectivity index (χ1) is 16.9. The number of rotatable bonds is 1. The molecule has 6 aromatic rings. The number of para-hydroxylation sites is 2. The first kappa shape index (κ1) is 22.8. The summed E-state index contributed by atoms with van der Waals surface area (Å²) in [5.74, 6) is 0. The van der Waals surface area contributed by atoms with Crippen LogP contribution in [0.1, 0.15) is 5.69 Å². The van der Waals surface area contributed by atoms with Gasteiger partial charge in [0, 0.05) is 21.5 Å². The number of thiophene rings is 2. The molecule has 11 heteroatoms. The maximum absolute atomic E-state index is 12.4. The molecule has 0 spiro atoms. The van der Waals surface area contributed by atoms with E-state index in [2.05, 4.69) is 21.0 Å². The van der Waals surface area contributed by atoms with Crippen LogP contribution in [0.2, 0.25) is 0 Å². The van der Waals surface area contributed by atoms with E-state index in [4.69, 9.17) is 21.1 Å². The zero-order valence-corrected chi connectivity index (χ0v) is 20.9. The molecule has 0 amide bonds. The van der Waals surface area contributed by atoms with Crippen molar-refractivity contribution in [2.75, 3.05) is 11.5 Å². The van der Waals surface area contributed by atoms with Gasteiger partial charge in [0.1, 0.15) is 22.0 Å². The summed E-state index contributed by atoms with van der Waals surface area (Å²) in [5.41, 5.74) is 12.3. The van der Waals surface area contributed by atoms with Crippen LogP contribution in [-0.4, -0.2) is 9.78 Å². The van der Waals surface area contributed by atoms with Crippen LogP contribution in [0.3, 0.4) is 0 Å². The maximum Gasteiger partial charge on any atom is 0.347 e. The van der Waals surface area contributed by atoms with Crippen molar-refractivity contribution in [3.05, 3.63) is 90.2 Å². The lowest BCUT2D eigenvalue weighted by molar-refractivity contribution is 0.570. The summed E-state index contributed by atoms with van der Waals surface area (Å²) in [6, 6.07) is 18.4. The van der Waals surface area contributed by atoms with Gasteiger partial charge in [-0.25, -0.2) is 4.79 Å². The summed E-state index contributed by atoms with van der Waals surface area (Å²) in [4.78, 5) is 24.2. The molecule has 8 nitrogen and oxygen atoms in total. The average molecular weight is 564 g/mol. The Kier molecular flexibility index (Phi) is 5.86. The predicted octanol–water partition coefficient (Wildman–Crippen LogP) is 5.25. The molecule has 0 aliphatic carbocycles. The van der Waals surface area contributed by atoms with Crippen molar-refractivity contribution in [1.29, 1.82) is 5.26 Å². The summed E-state index contributed by atoms with van der Waals surface area (Å²) in [7, 11) is 0. The minimum atomic E-state index is -0.381. The van der Waals surface area contributed by atoms with Crippen molar-refractivity contribution in [3.63, 3.8) is 0 Å². The molecule has 0 bridgehead atoms. The van der Waals surface area contributed by atoms with E-state index in [-0.39, 0.29) is 16.9 Å². The molecule has 172 valence electrons. The second kappa shape index (κ2) is 8.99. The summed E-state index contributed by atoms with van der Waals surface area (Å²) >= 11 is 6.02. The van der Waals surface area contributed by atoms with E-state index < -0.39 is 0 Å². The highest BCUT2D eigenvalue weighted by atomic mass is 79.9. The first-order valence-electron chi connectivity index (χ1n) is 10.1. The summed E-state index contributed by atoms with van der Waals surface area (Å²) < 4.78 is 7.30. The van der Waals surface area contributed by atoms with Gasteiger partial charge in [0.15, 0.2) is 5.69 Å². The number of hydrogen-bond donors (Lipinski definition) is 2. The zero-order valence-electron chi connectivity index (χ0n) is 17.7. The number of fused-ring (bicyclic) bond motifs is 4. The van der Waals surface area contributed by atoms with Gasteiger partial charge < -0.3 is 15.9 Å². The van der Waals surface area contributed by atoms with E-state index in [1.54, 1.807) is 35.7 Å². The Balaban J connectivity index is 0.000000147. The van der Waals surface area contributed by atoms with Gasteiger partial charge in [-0.1, -0.05) is 36.4 Å². The number of halogens is 1. The third kappa shape index (κ3) is 3.87. The topological polar surface area (TPSA) is 141 Å². The van der Waals surface area contributed by atoms with Crippen molar-refractivity contribution >= 4 is 81.1 Å². The highest BCUT2D eigenvalue weighted by Gasteiger charge is 2.16. The van der Waals surface area contributed by atoms with Crippen molar-refractivity contribution < 1.29 is 4.42 Å². The Labute approximate surface area is 213 Å². The summed E-state index contributed by atoms with van der Waals surface area (Å²) in [6.07, 6.45) is 0. The zero-order chi connectivity index (χ0) is 24.7. The molecule has 6 rings (SSSR count). The lowest BCUT2D eigenvalue weighted by Crippen LogP contribution is -2.22. The standard InChI is InChI=1S/C13H8N4OS.C11H6BrNO2S/c14-6-10-9-7-19-12(15)11(9)13(18)17(16-10)8-4-2-1-3-5-8;12-9-7-5-3-1-2-4-6(5)15-11(14)8(7)10(13)16-9/h1-5,7H,15H2;1-4H,13H2. The fourth-order valence-corrected chi connectivity index (χ4v) is 6.20. The number of nitrogens with zero attached hydrogens (tertiary/aromatic N) is 3. The molecule has 0 aliphatic rings. The minimum absolute atomic E-state index is 0.200. The molecular formula is C24H14BrN5O3S2. The smallest absolute Gasteiger partial charge is 0.347 e. The molecule has 0 saturated carbocycles.